The molecule has 0 amide bonds. The molecule has 0 aliphatic carbocycles. The first kappa shape index (κ1) is 13.1. The van der Waals surface area contributed by atoms with Gasteiger partial charge in [-0.15, -0.1) is 0 Å². The van der Waals surface area contributed by atoms with E-state index < -0.39 is 0 Å². The minimum Gasteiger partial charge on any atom is -0.328 e. The van der Waals surface area contributed by atoms with Crippen LogP contribution < -0.4 is 10.5 Å². The van der Waals surface area contributed by atoms with Gasteiger partial charge in [0.1, 0.15) is 3.57 Å². The lowest BCUT2D eigenvalue weighted by Crippen LogP contribution is -2.20. The summed E-state index contributed by atoms with van der Waals surface area (Å²) in [6, 6.07) is 6.22. The van der Waals surface area contributed by atoms with Crippen molar-refractivity contribution >= 4 is 34.1 Å². The van der Waals surface area contributed by atoms with Crippen molar-refractivity contribution in [2.45, 2.75) is 13.8 Å². The maximum atomic E-state index is 11.6. The summed E-state index contributed by atoms with van der Waals surface area (Å²) in [5.74, 6) is 0.673. The van der Waals surface area contributed by atoms with Crippen molar-refractivity contribution in [1.29, 1.82) is 0 Å². The Kier molecular flexibility index (Phi) is 3.70. The summed E-state index contributed by atoms with van der Waals surface area (Å²) in [5, 5.41) is 0. The number of aryl methyl sites for hydroxylation is 2. The van der Waals surface area contributed by atoms with Crippen molar-refractivity contribution in [2.75, 3.05) is 11.9 Å². The van der Waals surface area contributed by atoms with Gasteiger partial charge in [0.2, 0.25) is 0 Å². The van der Waals surface area contributed by atoms with Gasteiger partial charge in [-0.25, -0.2) is 4.98 Å². The van der Waals surface area contributed by atoms with Crippen LogP contribution in [-0.2, 0) is 0 Å². The Balaban J connectivity index is 2.51. The summed E-state index contributed by atoms with van der Waals surface area (Å²) < 4.78 is 0.595. The Morgan fingerprint density at radius 1 is 1.33 bits per heavy atom. The third-order valence-corrected chi connectivity index (χ3v) is 3.78. The van der Waals surface area contributed by atoms with E-state index in [4.69, 9.17) is 0 Å². The quantitative estimate of drug-likeness (QED) is 0.843. The number of halogens is 1. The molecule has 0 fully saturated rings. The van der Waals surface area contributed by atoms with Gasteiger partial charge in [0.15, 0.2) is 5.82 Å². The molecule has 18 heavy (non-hydrogen) atoms. The van der Waals surface area contributed by atoms with Crippen molar-refractivity contribution in [1.82, 2.24) is 9.97 Å². The van der Waals surface area contributed by atoms with Crippen LogP contribution >= 0.6 is 22.6 Å². The number of hydrogen-bond acceptors (Lipinski definition) is 3. The summed E-state index contributed by atoms with van der Waals surface area (Å²) in [5.41, 5.74) is 3.32. The molecule has 4 nitrogen and oxygen atoms in total. The number of aromatic amines is 1. The van der Waals surface area contributed by atoms with Gasteiger partial charge >= 0.3 is 0 Å². The van der Waals surface area contributed by atoms with Crippen LogP contribution in [0, 0.1) is 17.4 Å². The highest BCUT2D eigenvalue weighted by atomic mass is 127. The molecule has 0 aliphatic heterocycles. The number of nitrogens with one attached hydrogen (secondary N) is 1. The number of nitrogens with zero attached hydrogens (tertiary/aromatic N) is 2. The number of anilines is 2. The first-order valence-corrected chi connectivity index (χ1v) is 6.62. The van der Waals surface area contributed by atoms with Crippen LogP contribution in [0.1, 0.15) is 11.1 Å². The highest BCUT2D eigenvalue weighted by Crippen LogP contribution is 2.27. The van der Waals surface area contributed by atoms with Crippen molar-refractivity contribution in [3.05, 3.63) is 49.6 Å². The molecule has 0 unspecified atom stereocenters. The summed E-state index contributed by atoms with van der Waals surface area (Å²) >= 11 is 2.02. The summed E-state index contributed by atoms with van der Waals surface area (Å²) in [6.45, 7) is 4.12. The molecule has 0 saturated heterocycles. The van der Waals surface area contributed by atoms with E-state index in [1.165, 1.54) is 11.9 Å². The molecule has 1 heterocycles. The van der Waals surface area contributed by atoms with Crippen LogP contribution in [0.5, 0.6) is 0 Å². The van der Waals surface area contributed by atoms with Gasteiger partial charge in [0.05, 0.1) is 6.33 Å². The molecule has 5 heteroatoms. The Hall–Kier alpha value is -1.37. The molecular formula is C13H14IN3O. The fourth-order valence-electron chi connectivity index (χ4n) is 1.90. The molecule has 94 valence electrons. The van der Waals surface area contributed by atoms with Crippen molar-refractivity contribution in [3.8, 4) is 0 Å². The molecule has 0 saturated carbocycles. The van der Waals surface area contributed by atoms with Gasteiger partial charge in [-0.2, -0.15) is 0 Å². The number of aromatic nitrogens is 2. The molecule has 1 N–H and O–H groups in total. The number of rotatable bonds is 2. The van der Waals surface area contributed by atoms with Crippen LogP contribution in [0.3, 0.4) is 0 Å². The van der Waals surface area contributed by atoms with Crippen molar-refractivity contribution in [2.24, 2.45) is 0 Å². The first-order chi connectivity index (χ1) is 8.50. The van der Waals surface area contributed by atoms with E-state index in [1.807, 2.05) is 40.6 Å². The zero-order valence-corrected chi connectivity index (χ0v) is 12.6. The lowest BCUT2D eigenvalue weighted by Gasteiger charge is -2.21. The molecule has 0 spiro atoms. The van der Waals surface area contributed by atoms with Crippen molar-refractivity contribution < 1.29 is 0 Å². The van der Waals surface area contributed by atoms with Crippen molar-refractivity contribution in [3.63, 3.8) is 0 Å². The number of benzene rings is 1. The minimum absolute atomic E-state index is 0.114. The Morgan fingerprint density at radius 2 is 2.06 bits per heavy atom. The Morgan fingerprint density at radius 3 is 2.72 bits per heavy atom. The lowest BCUT2D eigenvalue weighted by atomic mass is 10.1. The van der Waals surface area contributed by atoms with Gasteiger partial charge in [0.25, 0.3) is 5.56 Å². The average molecular weight is 355 g/mol. The van der Waals surface area contributed by atoms with Crippen LogP contribution in [0.15, 0.2) is 29.3 Å². The Labute approximate surface area is 119 Å². The molecule has 1 aromatic heterocycles. The normalized spacial score (nSPS) is 10.4. The van der Waals surface area contributed by atoms with E-state index in [2.05, 4.69) is 35.9 Å². The maximum Gasteiger partial charge on any atom is 0.266 e. The zero-order valence-electron chi connectivity index (χ0n) is 10.5. The average Bonchev–Trinajstić information content (AvgIpc) is 2.32. The van der Waals surface area contributed by atoms with E-state index in [9.17, 15) is 4.79 Å². The lowest BCUT2D eigenvalue weighted by molar-refractivity contribution is 1.03. The van der Waals surface area contributed by atoms with E-state index in [0.29, 0.717) is 9.39 Å². The third-order valence-electron chi connectivity index (χ3n) is 2.81. The van der Waals surface area contributed by atoms with E-state index in [-0.39, 0.29) is 5.56 Å². The fourth-order valence-corrected chi connectivity index (χ4v) is 2.56. The molecule has 0 bridgehead atoms. The van der Waals surface area contributed by atoms with Crippen LogP contribution in [0.2, 0.25) is 0 Å². The van der Waals surface area contributed by atoms with Gasteiger partial charge in [-0.3, -0.25) is 4.79 Å². The monoisotopic (exact) mass is 355 g/mol. The van der Waals surface area contributed by atoms with E-state index >= 15 is 0 Å². The van der Waals surface area contributed by atoms with Gasteiger partial charge < -0.3 is 9.88 Å². The van der Waals surface area contributed by atoms with Gasteiger partial charge in [-0.1, -0.05) is 17.7 Å². The highest BCUT2D eigenvalue weighted by molar-refractivity contribution is 14.1. The molecule has 2 rings (SSSR count). The maximum absolute atomic E-state index is 11.6. The Bertz CT molecular complexity index is 636. The molecule has 2 aromatic rings. The predicted octanol–water partition coefficient (Wildman–Crippen LogP) is 2.76. The predicted molar refractivity (Wildman–Crippen MR) is 81.6 cm³/mol. The first-order valence-electron chi connectivity index (χ1n) is 5.55. The van der Waals surface area contributed by atoms with Crippen LogP contribution in [-0.4, -0.2) is 17.0 Å². The largest absolute Gasteiger partial charge is 0.328 e. The summed E-state index contributed by atoms with van der Waals surface area (Å²) in [4.78, 5) is 20.3. The van der Waals surface area contributed by atoms with Crippen LogP contribution in [0.4, 0.5) is 11.5 Å². The second kappa shape index (κ2) is 5.09. The second-order valence-corrected chi connectivity index (χ2v) is 5.30. The van der Waals surface area contributed by atoms with Gasteiger partial charge in [0, 0.05) is 12.7 Å². The number of hydrogen-bond donors (Lipinski definition) is 1. The molecule has 0 atom stereocenters. The van der Waals surface area contributed by atoms with Crippen LogP contribution in [0.25, 0.3) is 0 Å². The summed E-state index contributed by atoms with van der Waals surface area (Å²) in [7, 11) is 1.92. The molecule has 1 aromatic carbocycles. The molecular weight excluding hydrogens is 341 g/mol. The standard InChI is InChI=1S/C13H14IN3O/c1-8-4-5-10(9(2)6-8)17(3)12-11(14)13(18)16-7-15-12/h4-7H,1-3H3,(H,15,16,18). The zero-order chi connectivity index (χ0) is 13.3. The molecule has 0 aliphatic rings. The highest BCUT2D eigenvalue weighted by Gasteiger charge is 2.13. The number of H-pyrrole nitrogens is 1. The summed E-state index contributed by atoms with van der Waals surface area (Å²) in [6.07, 6.45) is 1.43. The van der Waals surface area contributed by atoms with Gasteiger partial charge in [-0.05, 0) is 48.1 Å². The third kappa shape index (κ3) is 2.40. The van der Waals surface area contributed by atoms with E-state index in [0.717, 1.165) is 11.3 Å². The smallest absolute Gasteiger partial charge is 0.266 e. The fraction of sp³-hybridized carbons (Fsp3) is 0.231. The second-order valence-electron chi connectivity index (χ2n) is 4.22. The minimum atomic E-state index is -0.114. The SMILES string of the molecule is Cc1ccc(N(C)c2nc[nH]c(=O)c2I)c(C)c1. The van der Waals surface area contributed by atoms with E-state index in [1.54, 1.807) is 0 Å². The topological polar surface area (TPSA) is 49.0 Å². The molecule has 0 radical (unpaired) electrons.